The molecule has 1 aromatic heterocycles. The molecule has 1 aromatic carbocycles. The van der Waals surface area contributed by atoms with E-state index >= 15 is 0 Å². The minimum absolute atomic E-state index is 0.0959. The van der Waals surface area contributed by atoms with Gasteiger partial charge in [0.05, 0.1) is 17.4 Å². The first-order chi connectivity index (χ1) is 9.63. The number of aryl methyl sites for hydroxylation is 1. The lowest BCUT2D eigenvalue weighted by atomic mass is 10.2. The second kappa shape index (κ2) is 5.20. The van der Waals surface area contributed by atoms with Gasteiger partial charge in [0.25, 0.3) is 0 Å². The van der Waals surface area contributed by atoms with Crippen LogP contribution in [0.2, 0.25) is 0 Å². The van der Waals surface area contributed by atoms with Gasteiger partial charge in [-0.1, -0.05) is 0 Å². The fourth-order valence-corrected chi connectivity index (χ4v) is 2.90. The maximum atomic E-state index is 6.06. The van der Waals surface area contributed by atoms with Crippen LogP contribution in [-0.4, -0.2) is 18.2 Å². The number of nitrogens with zero attached hydrogens (tertiary/aromatic N) is 1. The standard InChI is InChI=1S/C14H17N3O2S/c1-8-7-20-14(16-8)9(2)17-11-6-13-12(5-10(11)15)18-3-4-19-13/h5-7,9,17H,3-4,15H2,1-2H3. The smallest absolute Gasteiger partial charge is 0.163 e. The topological polar surface area (TPSA) is 69.4 Å². The van der Waals surface area contributed by atoms with Crippen molar-refractivity contribution in [1.82, 2.24) is 4.98 Å². The van der Waals surface area contributed by atoms with Gasteiger partial charge in [-0.25, -0.2) is 4.98 Å². The van der Waals surface area contributed by atoms with Gasteiger partial charge in [-0.05, 0) is 13.8 Å². The molecule has 0 amide bonds. The third kappa shape index (κ3) is 2.51. The Labute approximate surface area is 121 Å². The summed E-state index contributed by atoms with van der Waals surface area (Å²) < 4.78 is 11.1. The lowest BCUT2D eigenvalue weighted by Crippen LogP contribution is -2.16. The monoisotopic (exact) mass is 291 g/mol. The second-order valence-electron chi connectivity index (χ2n) is 4.78. The van der Waals surface area contributed by atoms with E-state index in [0.29, 0.717) is 24.7 Å². The molecule has 1 unspecified atom stereocenters. The predicted molar refractivity (Wildman–Crippen MR) is 80.7 cm³/mol. The zero-order valence-electron chi connectivity index (χ0n) is 11.5. The summed E-state index contributed by atoms with van der Waals surface area (Å²) in [4.78, 5) is 4.48. The minimum atomic E-state index is 0.0959. The average Bonchev–Trinajstić information content (AvgIpc) is 2.86. The van der Waals surface area contributed by atoms with Gasteiger partial charge in [-0.2, -0.15) is 0 Å². The first-order valence-electron chi connectivity index (χ1n) is 6.51. The second-order valence-corrected chi connectivity index (χ2v) is 5.67. The number of rotatable bonds is 3. The highest BCUT2D eigenvalue weighted by Gasteiger charge is 2.17. The SMILES string of the molecule is Cc1csc(C(C)Nc2cc3c(cc2N)OCCO3)n1. The van der Waals surface area contributed by atoms with Gasteiger partial charge in [0.15, 0.2) is 11.5 Å². The van der Waals surface area contributed by atoms with Crippen molar-refractivity contribution < 1.29 is 9.47 Å². The van der Waals surface area contributed by atoms with E-state index in [1.54, 1.807) is 17.4 Å². The molecule has 0 fully saturated rings. The quantitative estimate of drug-likeness (QED) is 0.851. The molecule has 2 heterocycles. The van der Waals surface area contributed by atoms with Crippen LogP contribution in [0.25, 0.3) is 0 Å². The number of nitrogens with two attached hydrogens (primary N) is 1. The van der Waals surface area contributed by atoms with E-state index in [4.69, 9.17) is 15.2 Å². The third-order valence-electron chi connectivity index (χ3n) is 3.09. The molecule has 5 nitrogen and oxygen atoms in total. The lowest BCUT2D eigenvalue weighted by molar-refractivity contribution is 0.172. The van der Waals surface area contributed by atoms with Gasteiger partial charge in [-0.15, -0.1) is 11.3 Å². The first-order valence-corrected chi connectivity index (χ1v) is 7.39. The number of hydrogen-bond donors (Lipinski definition) is 2. The van der Waals surface area contributed by atoms with Crippen LogP contribution < -0.4 is 20.5 Å². The fourth-order valence-electron chi connectivity index (χ4n) is 2.10. The molecule has 0 saturated heterocycles. The number of nitrogens with one attached hydrogen (secondary N) is 1. The van der Waals surface area contributed by atoms with Crippen molar-refractivity contribution in [3.05, 3.63) is 28.2 Å². The molecule has 0 saturated carbocycles. The molecule has 106 valence electrons. The minimum Gasteiger partial charge on any atom is -0.486 e. The summed E-state index contributed by atoms with van der Waals surface area (Å²) in [5.41, 5.74) is 8.59. The van der Waals surface area contributed by atoms with Crippen LogP contribution in [0, 0.1) is 6.92 Å². The summed E-state index contributed by atoms with van der Waals surface area (Å²) >= 11 is 1.64. The number of aromatic nitrogens is 1. The number of hydrogen-bond acceptors (Lipinski definition) is 6. The summed E-state index contributed by atoms with van der Waals surface area (Å²) in [7, 11) is 0. The van der Waals surface area contributed by atoms with Gasteiger partial charge in [0.1, 0.15) is 18.2 Å². The number of thiazole rings is 1. The van der Waals surface area contributed by atoms with Crippen molar-refractivity contribution in [3.63, 3.8) is 0 Å². The normalized spacial score (nSPS) is 14.9. The first kappa shape index (κ1) is 13.1. The number of fused-ring (bicyclic) bond motifs is 1. The lowest BCUT2D eigenvalue weighted by Gasteiger charge is -2.21. The van der Waals surface area contributed by atoms with Crippen LogP contribution in [0.5, 0.6) is 11.5 Å². The van der Waals surface area contributed by atoms with Crippen molar-refractivity contribution in [2.75, 3.05) is 24.3 Å². The van der Waals surface area contributed by atoms with Gasteiger partial charge >= 0.3 is 0 Å². The van der Waals surface area contributed by atoms with Crippen LogP contribution in [0.4, 0.5) is 11.4 Å². The Morgan fingerprint density at radius 2 is 2.00 bits per heavy atom. The molecule has 0 spiro atoms. The van der Waals surface area contributed by atoms with E-state index in [1.165, 1.54) is 0 Å². The molecule has 0 bridgehead atoms. The van der Waals surface area contributed by atoms with Crippen molar-refractivity contribution in [2.45, 2.75) is 19.9 Å². The molecule has 1 atom stereocenters. The van der Waals surface area contributed by atoms with Crippen LogP contribution >= 0.6 is 11.3 Å². The largest absolute Gasteiger partial charge is 0.486 e. The van der Waals surface area contributed by atoms with Gasteiger partial charge in [0.2, 0.25) is 0 Å². The van der Waals surface area contributed by atoms with E-state index in [2.05, 4.69) is 17.2 Å². The van der Waals surface area contributed by atoms with Crippen molar-refractivity contribution in [1.29, 1.82) is 0 Å². The van der Waals surface area contributed by atoms with Gasteiger partial charge < -0.3 is 20.5 Å². The fraction of sp³-hybridized carbons (Fsp3) is 0.357. The highest BCUT2D eigenvalue weighted by Crippen LogP contribution is 2.38. The number of benzene rings is 1. The van der Waals surface area contributed by atoms with Crippen LogP contribution in [0.3, 0.4) is 0 Å². The maximum absolute atomic E-state index is 6.06. The molecule has 0 aliphatic carbocycles. The summed E-state index contributed by atoms with van der Waals surface area (Å²) in [6, 6.07) is 3.79. The number of nitrogen functional groups attached to an aromatic ring is 1. The molecule has 2 aromatic rings. The molecular formula is C14H17N3O2S. The van der Waals surface area contributed by atoms with Gasteiger partial charge in [0, 0.05) is 23.2 Å². The summed E-state index contributed by atoms with van der Waals surface area (Å²) in [6.45, 7) is 5.19. The van der Waals surface area contributed by atoms with Crippen LogP contribution in [-0.2, 0) is 0 Å². The van der Waals surface area contributed by atoms with Crippen LogP contribution in [0.1, 0.15) is 23.7 Å². The van der Waals surface area contributed by atoms with E-state index in [9.17, 15) is 0 Å². The highest BCUT2D eigenvalue weighted by atomic mass is 32.1. The van der Waals surface area contributed by atoms with Crippen molar-refractivity contribution in [3.8, 4) is 11.5 Å². The maximum Gasteiger partial charge on any atom is 0.163 e. The number of ether oxygens (including phenoxy) is 2. The molecule has 1 aliphatic heterocycles. The molecule has 6 heteroatoms. The van der Waals surface area contributed by atoms with Crippen LogP contribution in [0.15, 0.2) is 17.5 Å². The molecule has 20 heavy (non-hydrogen) atoms. The molecule has 3 rings (SSSR count). The van der Waals surface area contributed by atoms with Crippen molar-refractivity contribution in [2.24, 2.45) is 0 Å². The molecule has 1 aliphatic rings. The van der Waals surface area contributed by atoms with E-state index in [0.717, 1.165) is 22.1 Å². The summed E-state index contributed by atoms with van der Waals surface area (Å²) in [5, 5.41) is 6.46. The Kier molecular flexibility index (Phi) is 3.40. The third-order valence-corrected chi connectivity index (χ3v) is 4.24. The predicted octanol–water partition coefficient (Wildman–Crippen LogP) is 2.98. The van der Waals surface area contributed by atoms with E-state index < -0.39 is 0 Å². The van der Waals surface area contributed by atoms with E-state index in [1.807, 2.05) is 18.4 Å². The molecule has 0 radical (unpaired) electrons. The van der Waals surface area contributed by atoms with Gasteiger partial charge in [-0.3, -0.25) is 0 Å². The summed E-state index contributed by atoms with van der Waals surface area (Å²) in [5.74, 6) is 1.44. The molecule has 3 N–H and O–H groups in total. The summed E-state index contributed by atoms with van der Waals surface area (Å²) in [6.07, 6.45) is 0. The average molecular weight is 291 g/mol. The molecular weight excluding hydrogens is 274 g/mol. The Bertz CT molecular complexity index is 627. The Morgan fingerprint density at radius 1 is 1.30 bits per heavy atom. The van der Waals surface area contributed by atoms with E-state index in [-0.39, 0.29) is 6.04 Å². The zero-order chi connectivity index (χ0) is 14.1. The Hall–Kier alpha value is -1.95. The number of anilines is 2. The Morgan fingerprint density at radius 3 is 2.65 bits per heavy atom. The Balaban J connectivity index is 1.83. The zero-order valence-corrected chi connectivity index (χ0v) is 12.3. The highest BCUT2D eigenvalue weighted by molar-refractivity contribution is 7.09. The van der Waals surface area contributed by atoms with Crippen molar-refractivity contribution >= 4 is 22.7 Å².